The lowest BCUT2D eigenvalue weighted by atomic mass is 10.1. The molecule has 128 valence electrons. The van der Waals surface area contributed by atoms with Gasteiger partial charge in [0.2, 0.25) is 0 Å². The molecule has 0 bridgehead atoms. The molecule has 2 heterocycles. The number of halogens is 1. The fourth-order valence-corrected chi connectivity index (χ4v) is 3.60. The summed E-state index contributed by atoms with van der Waals surface area (Å²) in [4.78, 5) is 14.9. The van der Waals surface area contributed by atoms with Crippen molar-refractivity contribution in [1.82, 2.24) is 20.0 Å². The Morgan fingerprint density at radius 1 is 1.38 bits per heavy atom. The molecule has 1 atom stereocenters. The highest BCUT2D eigenvalue weighted by Gasteiger charge is 2.29. The average molecular weight is 391 g/mol. The van der Waals surface area contributed by atoms with Gasteiger partial charge in [0.15, 0.2) is 0 Å². The minimum atomic E-state index is 0.105. The van der Waals surface area contributed by atoms with E-state index < -0.39 is 0 Å². The topological polar surface area (TPSA) is 50.2 Å². The number of nitrogens with zero attached hydrogens (tertiary/aromatic N) is 3. The van der Waals surface area contributed by atoms with Gasteiger partial charge in [0, 0.05) is 17.6 Å². The summed E-state index contributed by atoms with van der Waals surface area (Å²) < 4.78 is 2.90. The van der Waals surface area contributed by atoms with E-state index in [1.165, 1.54) is 0 Å². The van der Waals surface area contributed by atoms with Crippen molar-refractivity contribution in [2.24, 2.45) is 5.92 Å². The van der Waals surface area contributed by atoms with E-state index in [2.05, 4.69) is 33.3 Å². The molecule has 1 aromatic heterocycles. The molecule has 0 spiro atoms. The van der Waals surface area contributed by atoms with Gasteiger partial charge in [0.05, 0.1) is 23.1 Å². The van der Waals surface area contributed by atoms with E-state index in [0.29, 0.717) is 5.92 Å². The van der Waals surface area contributed by atoms with Crippen LogP contribution in [0.25, 0.3) is 5.69 Å². The van der Waals surface area contributed by atoms with Crippen molar-refractivity contribution in [3.05, 3.63) is 46.2 Å². The molecule has 1 aliphatic heterocycles. The van der Waals surface area contributed by atoms with Crippen molar-refractivity contribution in [3.8, 4) is 5.69 Å². The first kappa shape index (κ1) is 17.2. The van der Waals surface area contributed by atoms with Crippen LogP contribution < -0.4 is 5.32 Å². The normalized spacial score (nSPS) is 17.5. The molecule has 2 aromatic rings. The Kier molecular flexibility index (Phi) is 5.36. The van der Waals surface area contributed by atoms with Crippen LogP contribution in [0.2, 0.25) is 0 Å². The molecule has 0 radical (unpaired) electrons. The van der Waals surface area contributed by atoms with Crippen LogP contribution in [0.5, 0.6) is 0 Å². The van der Waals surface area contributed by atoms with Crippen LogP contribution in [0.15, 0.2) is 34.9 Å². The van der Waals surface area contributed by atoms with Crippen molar-refractivity contribution < 1.29 is 4.79 Å². The van der Waals surface area contributed by atoms with Crippen molar-refractivity contribution >= 4 is 21.8 Å². The Labute approximate surface area is 151 Å². The van der Waals surface area contributed by atoms with Gasteiger partial charge in [-0.2, -0.15) is 5.10 Å². The van der Waals surface area contributed by atoms with Crippen LogP contribution in [0.3, 0.4) is 0 Å². The monoisotopic (exact) mass is 390 g/mol. The standard InChI is InChI=1S/C18H23BrN4O/c1-3-17-16(18(24)22-9-8-13(12-22)10-20-2)11-21-23(17)15-6-4-14(19)5-7-15/h4-7,11,13,20H,3,8-10,12H2,1-2H3/t13-/m0/s1. The van der Waals surface area contributed by atoms with E-state index in [1.807, 2.05) is 40.9 Å². The van der Waals surface area contributed by atoms with Gasteiger partial charge < -0.3 is 10.2 Å². The van der Waals surface area contributed by atoms with Crippen LogP contribution in [0, 0.1) is 5.92 Å². The zero-order chi connectivity index (χ0) is 17.1. The maximum Gasteiger partial charge on any atom is 0.257 e. The van der Waals surface area contributed by atoms with Gasteiger partial charge in [-0.1, -0.05) is 22.9 Å². The largest absolute Gasteiger partial charge is 0.338 e. The average Bonchev–Trinajstić information content (AvgIpc) is 3.22. The molecule has 1 aliphatic rings. The molecule has 1 saturated heterocycles. The molecule has 5 nitrogen and oxygen atoms in total. The van der Waals surface area contributed by atoms with Gasteiger partial charge in [-0.25, -0.2) is 4.68 Å². The summed E-state index contributed by atoms with van der Waals surface area (Å²) in [6.07, 6.45) is 3.55. The van der Waals surface area contributed by atoms with Gasteiger partial charge in [-0.15, -0.1) is 0 Å². The Bertz CT molecular complexity index is 710. The number of rotatable bonds is 5. The second-order valence-corrected chi connectivity index (χ2v) is 7.13. The minimum Gasteiger partial charge on any atom is -0.338 e. The van der Waals surface area contributed by atoms with Gasteiger partial charge >= 0.3 is 0 Å². The molecule has 0 unspecified atom stereocenters. The third-order valence-electron chi connectivity index (χ3n) is 4.57. The number of nitrogens with one attached hydrogen (secondary N) is 1. The predicted molar refractivity (Wildman–Crippen MR) is 98.6 cm³/mol. The van der Waals surface area contributed by atoms with E-state index in [-0.39, 0.29) is 5.91 Å². The fourth-order valence-electron chi connectivity index (χ4n) is 3.34. The van der Waals surface area contributed by atoms with Crippen molar-refractivity contribution in [2.75, 3.05) is 26.7 Å². The third-order valence-corrected chi connectivity index (χ3v) is 5.10. The molecule has 0 aliphatic carbocycles. The number of amides is 1. The van der Waals surface area contributed by atoms with Gasteiger partial charge in [0.1, 0.15) is 0 Å². The zero-order valence-corrected chi connectivity index (χ0v) is 15.7. The van der Waals surface area contributed by atoms with E-state index in [0.717, 1.165) is 53.9 Å². The summed E-state index contributed by atoms with van der Waals surface area (Å²) in [6, 6.07) is 7.98. The summed E-state index contributed by atoms with van der Waals surface area (Å²) in [7, 11) is 1.96. The summed E-state index contributed by atoms with van der Waals surface area (Å²) in [6.45, 7) is 4.68. The summed E-state index contributed by atoms with van der Waals surface area (Å²) in [5.74, 6) is 0.652. The molecular formula is C18H23BrN4O. The first-order valence-corrected chi connectivity index (χ1v) is 9.20. The van der Waals surface area contributed by atoms with E-state index in [1.54, 1.807) is 6.20 Å². The van der Waals surface area contributed by atoms with Crippen molar-refractivity contribution in [2.45, 2.75) is 19.8 Å². The number of hydrogen-bond acceptors (Lipinski definition) is 3. The van der Waals surface area contributed by atoms with Crippen molar-refractivity contribution in [1.29, 1.82) is 0 Å². The maximum atomic E-state index is 12.9. The Morgan fingerprint density at radius 3 is 2.79 bits per heavy atom. The maximum absolute atomic E-state index is 12.9. The Hall–Kier alpha value is -1.66. The van der Waals surface area contributed by atoms with E-state index >= 15 is 0 Å². The molecule has 0 saturated carbocycles. The predicted octanol–water partition coefficient (Wildman–Crippen LogP) is 2.88. The third kappa shape index (κ3) is 3.39. The smallest absolute Gasteiger partial charge is 0.257 e. The Balaban J connectivity index is 1.84. The molecule has 1 amide bonds. The number of hydrogen-bond donors (Lipinski definition) is 1. The first-order chi connectivity index (χ1) is 11.6. The second-order valence-electron chi connectivity index (χ2n) is 6.21. The lowest BCUT2D eigenvalue weighted by molar-refractivity contribution is 0.0786. The lowest BCUT2D eigenvalue weighted by Gasteiger charge is -2.17. The molecule has 3 rings (SSSR count). The lowest BCUT2D eigenvalue weighted by Crippen LogP contribution is -2.30. The summed E-state index contributed by atoms with van der Waals surface area (Å²) >= 11 is 3.45. The van der Waals surface area contributed by atoms with Gasteiger partial charge in [-0.05, 0) is 56.6 Å². The van der Waals surface area contributed by atoms with Crippen LogP contribution in [-0.4, -0.2) is 47.3 Å². The van der Waals surface area contributed by atoms with Crippen LogP contribution in [0.1, 0.15) is 29.4 Å². The minimum absolute atomic E-state index is 0.105. The van der Waals surface area contributed by atoms with Crippen LogP contribution >= 0.6 is 15.9 Å². The molecule has 6 heteroatoms. The van der Waals surface area contributed by atoms with E-state index in [4.69, 9.17) is 0 Å². The van der Waals surface area contributed by atoms with Crippen LogP contribution in [-0.2, 0) is 6.42 Å². The van der Waals surface area contributed by atoms with Crippen LogP contribution in [0.4, 0.5) is 0 Å². The highest BCUT2D eigenvalue weighted by Crippen LogP contribution is 2.22. The molecule has 1 N–H and O–H groups in total. The second kappa shape index (κ2) is 7.49. The zero-order valence-electron chi connectivity index (χ0n) is 14.1. The summed E-state index contributed by atoms with van der Waals surface area (Å²) in [5.41, 5.74) is 2.67. The number of aromatic nitrogens is 2. The SMILES string of the molecule is CCc1c(C(=O)N2CC[C@@H](CNC)C2)cnn1-c1ccc(Br)cc1. The molecule has 1 fully saturated rings. The van der Waals surface area contributed by atoms with Gasteiger partial charge in [0.25, 0.3) is 5.91 Å². The van der Waals surface area contributed by atoms with E-state index in [9.17, 15) is 4.79 Å². The summed E-state index contributed by atoms with van der Waals surface area (Å²) in [5, 5.41) is 7.68. The highest BCUT2D eigenvalue weighted by molar-refractivity contribution is 9.10. The number of likely N-dealkylation sites (tertiary alicyclic amines) is 1. The molecule has 24 heavy (non-hydrogen) atoms. The number of carbonyl (C=O) groups is 1. The molecule has 1 aromatic carbocycles. The van der Waals surface area contributed by atoms with Gasteiger partial charge in [-0.3, -0.25) is 4.79 Å². The molecular weight excluding hydrogens is 368 g/mol. The fraction of sp³-hybridized carbons (Fsp3) is 0.444. The van der Waals surface area contributed by atoms with Crippen molar-refractivity contribution in [3.63, 3.8) is 0 Å². The number of benzene rings is 1. The first-order valence-electron chi connectivity index (χ1n) is 8.40. The quantitative estimate of drug-likeness (QED) is 0.853. The highest BCUT2D eigenvalue weighted by atomic mass is 79.9. The Morgan fingerprint density at radius 2 is 2.12 bits per heavy atom. The number of carbonyl (C=O) groups excluding carboxylic acids is 1.